The van der Waals surface area contributed by atoms with Crippen LogP contribution in [0.25, 0.3) is 0 Å². The predicted molar refractivity (Wildman–Crippen MR) is 129 cm³/mol. The van der Waals surface area contributed by atoms with Crippen molar-refractivity contribution in [3.05, 3.63) is 67.0 Å². The van der Waals surface area contributed by atoms with Gasteiger partial charge in [-0.05, 0) is 43.0 Å². The molecule has 3 heterocycles. The summed E-state index contributed by atoms with van der Waals surface area (Å²) in [6.45, 7) is 3.77. The van der Waals surface area contributed by atoms with Crippen LogP contribution in [0.1, 0.15) is 36.9 Å². The minimum atomic E-state index is -0.863. The minimum absolute atomic E-state index is 0.00239. The molecule has 0 spiro atoms. The number of aliphatic hydroxyl groups excluding tert-OH is 1. The molecule has 0 fully saturated rings. The summed E-state index contributed by atoms with van der Waals surface area (Å²) in [6, 6.07) is 6.31. The molecule has 1 aromatic carbocycles. The maximum Gasteiger partial charge on any atom is 0.290 e. The quantitative estimate of drug-likeness (QED) is 0.451. The summed E-state index contributed by atoms with van der Waals surface area (Å²) in [5.74, 6) is -0.467. The van der Waals surface area contributed by atoms with E-state index in [1.807, 2.05) is 24.4 Å². The summed E-state index contributed by atoms with van der Waals surface area (Å²) >= 11 is 2.72. The molecule has 1 N–H and O–H groups in total. The molecule has 0 saturated heterocycles. The van der Waals surface area contributed by atoms with Gasteiger partial charge in [-0.25, -0.2) is 4.98 Å². The fourth-order valence-corrected chi connectivity index (χ4v) is 5.67. The van der Waals surface area contributed by atoms with E-state index < -0.39 is 23.5 Å². The third-order valence-corrected chi connectivity index (χ3v) is 7.50. The molecule has 0 bridgehead atoms. The highest BCUT2D eigenvalue weighted by Crippen LogP contribution is 2.46. The zero-order chi connectivity index (χ0) is 24.6. The SMILES string of the molecule is COc1cc(C2C(C(=O)c3sc(C)nc3C)=C(O)C(=O)N2Cc2cccs2)cc(OC)c1OC. The number of amides is 1. The highest BCUT2D eigenvalue weighted by Gasteiger charge is 2.45. The number of aliphatic hydroxyl groups is 1. The number of ether oxygens (including phenoxy) is 3. The molecule has 1 aliphatic heterocycles. The topological polar surface area (TPSA) is 98.2 Å². The van der Waals surface area contributed by atoms with Gasteiger partial charge in [0.15, 0.2) is 17.3 Å². The van der Waals surface area contributed by atoms with Gasteiger partial charge in [-0.1, -0.05) is 6.07 Å². The van der Waals surface area contributed by atoms with E-state index in [4.69, 9.17) is 14.2 Å². The number of methoxy groups -OCH3 is 3. The lowest BCUT2D eigenvalue weighted by molar-refractivity contribution is -0.130. The zero-order valence-electron chi connectivity index (χ0n) is 19.4. The normalized spacial score (nSPS) is 15.7. The van der Waals surface area contributed by atoms with Crippen LogP contribution in [0.2, 0.25) is 0 Å². The summed E-state index contributed by atoms with van der Waals surface area (Å²) in [4.78, 5) is 34.1. The first-order valence-electron chi connectivity index (χ1n) is 10.4. The maximum atomic E-state index is 13.7. The average molecular weight is 501 g/mol. The number of hydrogen-bond acceptors (Lipinski definition) is 9. The Morgan fingerprint density at radius 1 is 1.15 bits per heavy atom. The Balaban J connectivity index is 1.90. The first kappa shape index (κ1) is 23.8. The van der Waals surface area contributed by atoms with E-state index in [2.05, 4.69) is 4.98 Å². The largest absolute Gasteiger partial charge is 0.503 e. The Hall–Kier alpha value is -3.37. The smallest absolute Gasteiger partial charge is 0.290 e. The van der Waals surface area contributed by atoms with Crippen LogP contribution in [0.4, 0.5) is 0 Å². The van der Waals surface area contributed by atoms with Crippen molar-refractivity contribution in [3.8, 4) is 17.2 Å². The van der Waals surface area contributed by atoms with Crippen LogP contribution in [0.15, 0.2) is 41.0 Å². The van der Waals surface area contributed by atoms with Crippen molar-refractivity contribution in [2.75, 3.05) is 21.3 Å². The van der Waals surface area contributed by atoms with E-state index in [-0.39, 0.29) is 12.1 Å². The molecule has 0 radical (unpaired) electrons. The number of hydrogen-bond donors (Lipinski definition) is 1. The number of carbonyl (C=O) groups is 2. The van der Waals surface area contributed by atoms with Gasteiger partial charge in [-0.15, -0.1) is 22.7 Å². The van der Waals surface area contributed by atoms with E-state index in [0.29, 0.717) is 33.4 Å². The summed E-state index contributed by atoms with van der Waals surface area (Å²) < 4.78 is 16.4. The number of ketones is 1. The van der Waals surface area contributed by atoms with Gasteiger partial charge in [0, 0.05) is 4.88 Å². The number of aromatic nitrogens is 1. The van der Waals surface area contributed by atoms with E-state index in [1.54, 1.807) is 19.1 Å². The van der Waals surface area contributed by atoms with Crippen molar-refractivity contribution < 1.29 is 28.9 Å². The molecule has 2 aromatic heterocycles. The molecule has 3 aromatic rings. The van der Waals surface area contributed by atoms with Crippen LogP contribution >= 0.6 is 22.7 Å². The number of Topliss-reactive ketones (excluding diaryl/α,β-unsaturated/α-hetero) is 1. The number of rotatable bonds is 8. The lowest BCUT2D eigenvalue weighted by Gasteiger charge is -2.27. The highest BCUT2D eigenvalue weighted by atomic mass is 32.1. The van der Waals surface area contributed by atoms with Gasteiger partial charge in [0.05, 0.1) is 55.1 Å². The fraction of sp³-hybridized carbons (Fsp3) is 0.292. The summed E-state index contributed by atoms with van der Waals surface area (Å²) in [5.41, 5.74) is 1.11. The Labute approximate surface area is 205 Å². The molecule has 1 atom stereocenters. The van der Waals surface area contributed by atoms with E-state index >= 15 is 0 Å². The minimum Gasteiger partial charge on any atom is -0.503 e. The number of thiophene rings is 1. The van der Waals surface area contributed by atoms with Gasteiger partial charge < -0.3 is 24.2 Å². The Bertz CT molecular complexity index is 1250. The molecule has 0 saturated carbocycles. The Morgan fingerprint density at radius 3 is 2.32 bits per heavy atom. The van der Waals surface area contributed by atoms with Gasteiger partial charge in [0.25, 0.3) is 5.91 Å². The number of nitrogens with zero attached hydrogens (tertiary/aromatic N) is 2. The first-order chi connectivity index (χ1) is 16.3. The van der Waals surface area contributed by atoms with Crippen LogP contribution in [0.5, 0.6) is 17.2 Å². The standard InChI is InChI=1S/C24H24N2O6S2/c1-12-23(34-13(2)25-12)20(27)18-19(14-9-16(30-3)22(32-5)17(10-14)31-4)26(24(29)21(18)28)11-15-7-6-8-33-15/h6-10,19,28H,11H2,1-5H3. The Morgan fingerprint density at radius 2 is 1.82 bits per heavy atom. The lowest BCUT2D eigenvalue weighted by Crippen LogP contribution is -2.30. The molecule has 1 amide bonds. The molecule has 1 unspecified atom stereocenters. The molecule has 34 heavy (non-hydrogen) atoms. The fourth-order valence-electron chi connectivity index (χ4n) is 4.09. The van der Waals surface area contributed by atoms with Gasteiger partial charge >= 0.3 is 0 Å². The van der Waals surface area contributed by atoms with Gasteiger partial charge in [-0.2, -0.15) is 0 Å². The van der Waals surface area contributed by atoms with Gasteiger partial charge in [0.1, 0.15) is 0 Å². The molecule has 4 rings (SSSR count). The summed E-state index contributed by atoms with van der Waals surface area (Å²) in [6.07, 6.45) is 0. The highest BCUT2D eigenvalue weighted by molar-refractivity contribution is 7.14. The molecule has 8 nitrogen and oxygen atoms in total. The molecule has 1 aliphatic rings. The third kappa shape index (κ3) is 4.03. The van der Waals surface area contributed by atoms with Crippen molar-refractivity contribution in [2.24, 2.45) is 0 Å². The summed E-state index contributed by atoms with van der Waals surface area (Å²) in [5, 5.41) is 13.6. The van der Waals surface area contributed by atoms with Crippen molar-refractivity contribution in [1.82, 2.24) is 9.88 Å². The maximum absolute atomic E-state index is 13.7. The Kier molecular flexibility index (Phi) is 6.63. The molecule has 178 valence electrons. The van der Waals surface area contributed by atoms with Crippen LogP contribution in [0.3, 0.4) is 0 Å². The van der Waals surface area contributed by atoms with Crippen LogP contribution in [-0.4, -0.2) is 48.0 Å². The number of thiazole rings is 1. The van der Waals surface area contributed by atoms with Gasteiger partial charge in [-0.3, -0.25) is 9.59 Å². The van der Waals surface area contributed by atoms with E-state index in [0.717, 1.165) is 9.88 Å². The van der Waals surface area contributed by atoms with E-state index in [9.17, 15) is 14.7 Å². The van der Waals surface area contributed by atoms with Crippen LogP contribution < -0.4 is 14.2 Å². The van der Waals surface area contributed by atoms with E-state index in [1.165, 1.54) is 48.9 Å². The number of benzene rings is 1. The molecule has 10 heteroatoms. The second-order valence-electron chi connectivity index (χ2n) is 7.61. The lowest BCUT2D eigenvalue weighted by atomic mass is 9.94. The molecular formula is C24H24N2O6S2. The summed E-state index contributed by atoms with van der Waals surface area (Å²) in [7, 11) is 4.48. The molecular weight excluding hydrogens is 476 g/mol. The average Bonchev–Trinajstić information content (AvgIpc) is 3.52. The van der Waals surface area contributed by atoms with Gasteiger partial charge in [0.2, 0.25) is 11.5 Å². The second kappa shape index (κ2) is 9.47. The third-order valence-electron chi connectivity index (χ3n) is 5.57. The predicted octanol–water partition coefficient (Wildman–Crippen LogP) is 4.63. The van der Waals surface area contributed by atoms with Crippen molar-refractivity contribution in [3.63, 3.8) is 0 Å². The van der Waals surface area contributed by atoms with Crippen molar-refractivity contribution in [1.29, 1.82) is 0 Å². The van der Waals surface area contributed by atoms with Crippen molar-refractivity contribution >= 4 is 34.4 Å². The zero-order valence-corrected chi connectivity index (χ0v) is 21.0. The first-order valence-corrected chi connectivity index (χ1v) is 12.0. The molecule has 0 aliphatic carbocycles. The second-order valence-corrected chi connectivity index (χ2v) is 9.85. The monoisotopic (exact) mass is 500 g/mol. The number of aryl methyl sites for hydroxylation is 2. The van der Waals surface area contributed by atoms with Crippen molar-refractivity contribution in [2.45, 2.75) is 26.4 Å². The van der Waals surface area contributed by atoms with Crippen LogP contribution in [-0.2, 0) is 11.3 Å². The number of carbonyl (C=O) groups excluding carboxylic acids is 2. The van der Waals surface area contributed by atoms with Crippen LogP contribution in [0, 0.1) is 13.8 Å².